The minimum atomic E-state index is -0.555. The highest BCUT2D eigenvalue weighted by Crippen LogP contribution is 2.11. The van der Waals surface area contributed by atoms with Crippen molar-refractivity contribution in [3.05, 3.63) is 24.8 Å². The van der Waals surface area contributed by atoms with E-state index in [-0.39, 0.29) is 5.91 Å². The number of allylic oxidation sites excluding steroid dienone is 2. The van der Waals surface area contributed by atoms with Crippen LogP contribution < -0.4 is 0 Å². The van der Waals surface area contributed by atoms with Gasteiger partial charge in [-0.15, -0.1) is 0 Å². The van der Waals surface area contributed by atoms with Crippen LogP contribution in [0.5, 0.6) is 0 Å². The number of unbranched alkanes of at least 4 members (excludes halogenated alkanes) is 11. The number of nitrogens with zero attached hydrogens (tertiary/aromatic N) is 1. The molecule has 0 aromatic carbocycles. The molecule has 0 heterocycles. The van der Waals surface area contributed by atoms with Crippen LogP contribution in [0.1, 0.15) is 104 Å². The first kappa shape index (κ1) is 26.4. The Labute approximate surface area is 173 Å². The predicted molar refractivity (Wildman–Crippen MR) is 118 cm³/mol. The lowest BCUT2D eigenvalue weighted by Gasteiger charge is -2.24. The molecule has 28 heavy (non-hydrogen) atoms. The van der Waals surface area contributed by atoms with Crippen LogP contribution in [0.25, 0.3) is 0 Å². The van der Waals surface area contributed by atoms with Gasteiger partial charge in [-0.2, -0.15) is 0 Å². The molecule has 0 aromatic heterocycles. The molecule has 0 N–H and O–H groups in total. The summed E-state index contributed by atoms with van der Waals surface area (Å²) in [6.45, 7) is 7.31. The van der Waals surface area contributed by atoms with Gasteiger partial charge in [0.25, 0.3) is 0 Å². The van der Waals surface area contributed by atoms with Gasteiger partial charge in [0.1, 0.15) is 0 Å². The fourth-order valence-corrected chi connectivity index (χ4v) is 3.02. The molecule has 0 aromatic rings. The molecule has 1 unspecified atom stereocenters. The Hall–Kier alpha value is -1.58. The maximum Gasteiger partial charge on any atom is 0.332 e. The van der Waals surface area contributed by atoms with E-state index in [9.17, 15) is 9.59 Å². The van der Waals surface area contributed by atoms with Crippen molar-refractivity contribution in [2.45, 2.75) is 110 Å². The number of carbonyl (C=O) groups excluding carboxylic acids is 2. The lowest BCUT2D eigenvalue weighted by molar-refractivity contribution is -0.156. The highest BCUT2D eigenvalue weighted by atomic mass is 16.6. The fourth-order valence-electron chi connectivity index (χ4n) is 3.02. The Morgan fingerprint density at radius 3 is 1.93 bits per heavy atom. The normalized spacial score (nSPS) is 12.1. The highest BCUT2D eigenvalue weighted by molar-refractivity contribution is 5.82. The van der Waals surface area contributed by atoms with Gasteiger partial charge in [-0.25, -0.2) is 4.79 Å². The van der Waals surface area contributed by atoms with Crippen molar-refractivity contribution in [1.29, 1.82) is 0 Å². The number of hydrogen-bond donors (Lipinski definition) is 0. The smallest absolute Gasteiger partial charge is 0.332 e. The summed E-state index contributed by atoms with van der Waals surface area (Å²) >= 11 is 0. The van der Waals surface area contributed by atoms with E-state index in [1.54, 1.807) is 14.0 Å². The molecule has 0 saturated heterocycles. The second-order valence-electron chi connectivity index (χ2n) is 7.58. The van der Waals surface area contributed by atoms with Crippen molar-refractivity contribution in [2.24, 2.45) is 0 Å². The molecule has 1 amide bonds. The summed E-state index contributed by atoms with van der Waals surface area (Å²) in [4.78, 5) is 24.7. The van der Waals surface area contributed by atoms with Crippen LogP contribution in [-0.4, -0.2) is 30.1 Å². The third-order valence-corrected chi connectivity index (χ3v) is 5.04. The number of rotatable bonds is 18. The minimum Gasteiger partial charge on any atom is -0.439 e. The second-order valence-corrected chi connectivity index (χ2v) is 7.58. The highest BCUT2D eigenvalue weighted by Gasteiger charge is 2.17. The summed E-state index contributed by atoms with van der Waals surface area (Å²) in [6, 6.07) is 0. The molecule has 162 valence electrons. The van der Waals surface area contributed by atoms with E-state index in [2.05, 4.69) is 25.7 Å². The van der Waals surface area contributed by atoms with Gasteiger partial charge in [-0.3, -0.25) is 4.79 Å². The van der Waals surface area contributed by atoms with E-state index < -0.39 is 12.2 Å². The van der Waals surface area contributed by atoms with E-state index in [4.69, 9.17) is 4.74 Å². The number of esters is 1. The van der Waals surface area contributed by atoms with E-state index in [1.165, 1.54) is 75.5 Å². The van der Waals surface area contributed by atoms with Crippen molar-refractivity contribution < 1.29 is 14.3 Å². The lowest BCUT2D eigenvalue weighted by atomic mass is 10.1. The Morgan fingerprint density at radius 2 is 1.39 bits per heavy atom. The van der Waals surface area contributed by atoms with Gasteiger partial charge < -0.3 is 9.64 Å². The Bertz CT molecular complexity index is 445. The van der Waals surface area contributed by atoms with Crippen LogP contribution >= 0.6 is 0 Å². The molecule has 0 aliphatic rings. The number of hydrogen-bond acceptors (Lipinski definition) is 3. The van der Waals surface area contributed by atoms with Crippen LogP contribution in [0.3, 0.4) is 0 Å². The molecule has 4 nitrogen and oxygen atoms in total. The van der Waals surface area contributed by atoms with E-state index in [0.29, 0.717) is 6.42 Å². The van der Waals surface area contributed by atoms with E-state index in [1.807, 2.05) is 0 Å². The molecule has 0 bridgehead atoms. The molecule has 4 heteroatoms. The zero-order chi connectivity index (χ0) is 21.0. The van der Waals surface area contributed by atoms with Gasteiger partial charge in [0, 0.05) is 19.5 Å². The van der Waals surface area contributed by atoms with Crippen LogP contribution in [0.2, 0.25) is 0 Å². The van der Waals surface area contributed by atoms with Crippen molar-refractivity contribution in [3.8, 4) is 0 Å². The zero-order valence-electron chi connectivity index (χ0n) is 18.6. The second kappa shape index (κ2) is 18.8. The molecule has 0 aliphatic heterocycles. The molecule has 0 radical (unpaired) electrons. The predicted octanol–water partition coefficient (Wildman–Crippen LogP) is 6.56. The monoisotopic (exact) mass is 393 g/mol. The first-order valence-corrected chi connectivity index (χ1v) is 11.3. The summed E-state index contributed by atoms with van der Waals surface area (Å²) in [5.74, 6) is -0.491. The van der Waals surface area contributed by atoms with Crippen LogP contribution in [0.15, 0.2) is 24.8 Å². The molecular weight excluding hydrogens is 350 g/mol. The Balaban J connectivity index is 3.51. The van der Waals surface area contributed by atoms with E-state index in [0.717, 1.165) is 18.9 Å². The van der Waals surface area contributed by atoms with Crippen LogP contribution in [0, 0.1) is 0 Å². The van der Waals surface area contributed by atoms with E-state index >= 15 is 0 Å². The van der Waals surface area contributed by atoms with Crippen LogP contribution in [0.4, 0.5) is 0 Å². The van der Waals surface area contributed by atoms with Gasteiger partial charge in [-0.1, -0.05) is 77.0 Å². The lowest BCUT2D eigenvalue weighted by Crippen LogP contribution is -2.37. The summed E-state index contributed by atoms with van der Waals surface area (Å²) in [5.41, 5.74) is 0. The minimum absolute atomic E-state index is 0.0157. The summed E-state index contributed by atoms with van der Waals surface area (Å²) < 4.78 is 5.05. The van der Waals surface area contributed by atoms with Gasteiger partial charge in [0.2, 0.25) is 5.91 Å². The first-order valence-electron chi connectivity index (χ1n) is 11.3. The standard InChI is InChI=1S/C24H43NO3/c1-5-7-8-9-10-11-12-13-14-15-16-17-18-19-20-21-23(26)25(4)22(3)28-24(27)6-2/h6,13-14,22H,2,5,7-12,15-21H2,1,3-4H3/b14-13-. The molecule has 1 atom stereocenters. The molecule has 0 aliphatic carbocycles. The van der Waals surface area contributed by atoms with Gasteiger partial charge in [-0.05, 0) is 39.0 Å². The van der Waals surface area contributed by atoms with Gasteiger partial charge in [0.15, 0.2) is 6.23 Å². The molecule has 0 saturated carbocycles. The topological polar surface area (TPSA) is 46.6 Å². The maximum absolute atomic E-state index is 12.1. The zero-order valence-corrected chi connectivity index (χ0v) is 18.6. The number of ether oxygens (including phenoxy) is 1. The summed E-state index contributed by atoms with van der Waals surface area (Å²) in [6.07, 6.45) is 21.9. The molecular formula is C24H43NO3. The van der Waals surface area contributed by atoms with Gasteiger partial charge >= 0.3 is 5.97 Å². The Kier molecular flexibility index (Phi) is 17.7. The van der Waals surface area contributed by atoms with Crippen molar-refractivity contribution >= 4 is 11.9 Å². The first-order chi connectivity index (χ1) is 13.5. The van der Waals surface area contributed by atoms with Crippen molar-refractivity contribution in [3.63, 3.8) is 0 Å². The molecule has 0 rings (SSSR count). The largest absolute Gasteiger partial charge is 0.439 e. The summed E-state index contributed by atoms with van der Waals surface area (Å²) in [7, 11) is 1.67. The maximum atomic E-state index is 12.1. The van der Waals surface area contributed by atoms with Gasteiger partial charge in [0.05, 0.1) is 0 Å². The number of carbonyl (C=O) groups is 2. The fraction of sp³-hybridized carbons (Fsp3) is 0.750. The quantitative estimate of drug-likeness (QED) is 0.0871. The van der Waals surface area contributed by atoms with Crippen molar-refractivity contribution in [1.82, 2.24) is 4.90 Å². The average Bonchev–Trinajstić information content (AvgIpc) is 2.69. The SMILES string of the molecule is C=CC(=O)OC(C)N(C)C(=O)CCCCCCC/C=C\CCCCCCCC. The molecule has 0 fully saturated rings. The average molecular weight is 394 g/mol. The Morgan fingerprint density at radius 1 is 0.893 bits per heavy atom. The summed E-state index contributed by atoms with van der Waals surface area (Å²) in [5, 5.41) is 0. The molecule has 0 spiro atoms. The van der Waals surface area contributed by atoms with Crippen molar-refractivity contribution in [2.75, 3.05) is 7.05 Å². The number of amides is 1. The van der Waals surface area contributed by atoms with Crippen LogP contribution in [-0.2, 0) is 14.3 Å². The third-order valence-electron chi connectivity index (χ3n) is 5.04. The third kappa shape index (κ3) is 15.5.